The first kappa shape index (κ1) is 12.0. The molecule has 1 atom stereocenters. The predicted octanol–water partition coefficient (Wildman–Crippen LogP) is 2.13. The third kappa shape index (κ3) is 4.43. The van der Waals surface area contributed by atoms with E-state index in [4.69, 9.17) is 5.11 Å². The van der Waals surface area contributed by atoms with Crippen molar-refractivity contribution in [1.29, 1.82) is 0 Å². The minimum atomic E-state index is 0.376. The Morgan fingerprint density at radius 2 is 2.21 bits per heavy atom. The molecule has 0 aromatic heterocycles. The molecule has 2 heteroatoms. The summed E-state index contributed by atoms with van der Waals surface area (Å²) in [5, 5.41) is 9.10. The van der Waals surface area contributed by atoms with Gasteiger partial charge in [-0.1, -0.05) is 13.8 Å². The molecule has 2 nitrogen and oxygen atoms in total. The van der Waals surface area contributed by atoms with Gasteiger partial charge in [-0.15, -0.1) is 0 Å². The summed E-state index contributed by atoms with van der Waals surface area (Å²) >= 11 is 0. The van der Waals surface area contributed by atoms with Crippen LogP contribution in [0.4, 0.5) is 0 Å². The second kappa shape index (κ2) is 6.41. The fourth-order valence-corrected chi connectivity index (χ4v) is 2.23. The van der Waals surface area contributed by atoms with E-state index < -0.39 is 0 Å². The molecule has 0 spiro atoms. The van der Waals surface area contributed by atoms with Crippen LogP contribution in [-0.4, -0.2) is 36.2 Å². The summed E-state index contributed by atoms with van der Waals surface area (Å²) in [5.41, 5.74) is 0. The van der Waals surface area contributed by atoms with Gasteiger partial charge in [0, 0.05) is 13.2 Å². The van der Waals surface area contributed by atoms with Crippen LogP contribution in [0.25, 0.3) is 0 Å². The summed E-state index contributed by atoms with van der Waals surface area (Å²) in [6.45, 7) is 8.54. The zero-order valence-corrected chi connectivity index (χ0v) is 9.71. The van der Waals surface area contributed by atoms with Gasteiger partial charge in [-0.25, -0.2) is 0 Å². The van der Waals surface area contributed by atoms with Crippen molar-refractivity contribution in [2.24, 2.45) is 11.8 Å². The highest BCUT2D eigenvalue weighted by Gasteiger charge is 2.18. The minimum absolute atomic E-state index is 0.376. The SMILES string of the molecule is CC(C)CCCN1CCCC(CO)C1. The molecule has 1 heterocycles. The predicted molar refractivity (Wildman–Crippen MR) is 60.3 cm³/mol. The highest BCUT2D eigenvalue weighted by atomic mass is 16.3. The average Bonchev–Trinajstić information content (AvgIpc) is 2.18. The molecule has 1 saturated heterocycles. The smallest absolute Gasteiger partial charge is 0.0471 e. The largest absolute Gasteiger partial charge is 0.396 e. The third-order valence-corrected chi connectivity index (χ3v) is 3.12. The lowest BCUT2D eigenvalue weighted by molar-refractivity contribution is 0.118. The number of likely N-dealkylation sites (tertiary alicyclic amines) is 1. The molecule has 0 aromatic carbocycles. The van der Waals surface area contributed by atoms with Crippen molar-refractivity contribution in [1.82, 2.24) is 4.90 Å². The highest BCUT2D eigenvalue weighted by Crippen LogP contribution is 2.16. The Morgan fingerprint density at radius 1 is 1.43 bits per heavy atom. The first-order valence-corrected chi connectivity index (χ1v) is 6.05. The maximum atomic E-state index is 9.10. The van der Waals surface area contributed by atoms with E-state index in [2.05, 4.69) is 18.7 Å². The quantitative estimate of drug-likeness (QED) is 0.733. The lowest BCUT2D eigenvalue weighted by Crippen LogP contribution is -2.37. The van der Waals surface area contributed by atoms with Gasteiger partial charge in [0.15, 0.2) is 0 Å². The molecule has 0 aliphatic carbocycles. The monoisotopic (exact) mass is 199 g/mol. The summed E-state index contributed by atoms with van der Waals surface area (Å²) in [5.74, 6) is 1.37. The molecule has 1 aliphatic rings. The van der Waals surface area contributed by atoms with E-state index in [-0.39, 0.29) is 0 Å². The van der Waals surface area contributed by atoms with E-state index in [1.54, 1.807) is 0 Å². The van der Waals surface area contributed by atoms with Crippen LogP contribution in [0, 0.1) is 11.8 Å². The number of hydrogen-bond acceptors (Lipinski definition) is 2. The summed E-state index contributed by atoms with van der Waals surface area (Å²) in [7, 11) is 0. The number of piperidine rings is 1. The number of nitrogens with zero attached hydrogens (tertiary/aromatic N) is 1. The van der Waals surface area contributed by atoms with Crippen molar-refractivity contribution in [3.05, 3.63) is 0 Å². The van der Waals surface area contributed by atoms with E-state index in [9.17, 15) is 0 Å². The van der Waals surface area contributed by atoms with Crippen molar-refractivity contribution < 1.29 is 5.11 Å². The average molecular weight is 199 g/mol. The van der Waals surface area contributed by atoms with Crippen LogP contribution in [0.15, 0.2) is 0 Å². The molecule has 1 N–H and O–H groups in total. The Kier molecular flexibility index (Phi) is 5.49. The van der Waals surface area contributed by atoms with Crippen LogP contribution >= 0.6 is 0 Å². The van der Waals surface area contributed by atoms with Gasteiger partial charge in [0.05, 0.1) is 0 Å². The molecular formula is C12H25NO. The van der Waals surface area contributed by atoms with Crippen molar-refractivity contribution in [3.63, 3.8) is 0 Å². The van der Waals surface area contributed by atoms with Crippen molar-refractivity contribution in [2.45, 2.75) is 39.5 Å². The van der Waals surface area contributed by atoms with Gasteiger partial charge in [0.25, 0.3) is 0 Å². The summed E-state index contributed by atoms with van der Waals surface area (Å²) < 4.78 is 0. The van der Waals surface area contributed by atoms with Gasteiger partial charge >= 0.3 is 0 Å². The Balaban J connectivity index is 2.11. The molecule has 0 amide bonds. The molecule has 14 heavy (non-hydrogen) atoms. The third-order valence-electron chi connectivity index (χ3n) is 3.12. The summed E-state index contributed by atoms with van der Waals surface area (Å²) in [4.78, 5) is 2.52. The Labute approximate surface area is 88.3 Å². The van der Waals surface area contributed by atoms with Gasteiger partial charge in [-0.3, -0.25) is 0 Å². The van der Waals surface area contributed by atoms with Gasteiger partial charge in [0.2, 0.25) is 0 Å². The molecule has 1 aliphatic heterocycles. The van der Waals surface area contributed by atoms with Crippen LogP contribution in [0.1, 0.15) is 39.5 Å². The molecular weight excluding hydrogens is 174 g/mol. The van der Waals surface area contributed by atoms with E-state index >= 15 is 0 Å². The molecule has 0 radical (unpaired) electrons. The number of aliphatic hydroxyl groups excluding tert-OH is 1. The van der Waals surface area contributed by atoms with Gasteiger partial charge < -0.3 is 10.0 Å². The zero-order valence-electron chi connectivity index (χ0n) is 9.71. The Bertz CT molecular complexity index is 147. The maximum absolute atomic E-state index is 9.10. The van der Waals surface area contributed by atoms with E-state index in [1.807, 2.05) is 0 Å². The van der Waals surface area contributed by atoms with Crippen LogP contribution in [0.2, 0.25) is 0 Å². The van der Waals surface area contributed by atoms with Crippen LogP contribution in [0.3, 0.4) is 0 Å². The molecule has 1 unspecified atom stereocenters. The highest BCUT2D eigenvalue weighted by molar-refractivity contribution is 4.72. The van der Waals surface area contributed by atoms with E-state index in [1.165, 1.54) is 38.8 Å². The van der Waals surface area contributed by atoms with Gasteiger partial charge in [0.1, 0.15) is 0 Å². The normalized spacial score (nSPS) is 24.4. The first-order valence-electron chi connectivity index (χ1n) is 6.05. The van der Waals surface area contributed by atoms with Crippen molar-refractivity contribution in [2.75, 3.05) is 26.2 Å². The van der Waals surface area contributed by atoms with Crippen molar-refractivity contribution in [3.8, 4) is 0 Å². The van der Waals surface area contributed by atoms with Crippen LogP contribution in [0.5, 0.6) is 0 Å². The topological polar surface area (TPSA) is 23.5 Å². The zero-order chi connectivity index (χ0) is 10.4. The van der Waals surface area contributed by atoms with Gasteiger partial charge in [-0.05, 0) is 50.6 Å². The van der Waals surface area contributed by atoms with E-state index in [0.717, 1.165) is 12.5 Å². The molecule has 1 rings (SSSR count). The molecule has 0 saturated carbocycles. The first-order chi connectivity index (χ1) is 6.72. The van der Waals surface area contributed by atoms with Crippen LogP contribution in [-0.2, 0) is 0 Å². The lowest BCUT2D eigenvalue weighted by Gasteiger charge is -2.31. The number of aliphatic hydroxyl groups is 1. The maximum Gasteiger partial charge on any atom is 0.0471 e. The molecule has 0 aromatic rings. The standard InChI is InChI=1S/C12H25NO/c1-11(2)5-3-7-13-8-4-6-12(9-13)10-14/h11-12,14H,3-10H2,1-2H3. The fourth-order valence-electron chi connectivity index (χ4n) is 2.23. The summed E-state index contributed by atoms with van der Waals surface area (Å²) in [6, 6.07) is 0. The number of rotatable bonds is 5. The molecule has 84 valence electrons. The van der Waals surface area contributed by atoms with E-state index in [0.29, 0.717) is 12.5 Å². The minimum Gasteiger partial charge on any atom is -0.396 e. The van der Waals surface area contributed by atoms with Crippen molar-refractivity contribution >= 4 is 0 Å². The second-order valence-electron chi connectivity index (χ2n) is 5.03. The Morgan fingerprint density at radius 3 is 2.86 bits per heavy atom. The number of hydrogen-bond donors (Lipinski definition) is 1. The second-order valence-corrected chi connectivity index (χ2v) is 5.03. The molecule has 1 fully saturated rings. The Hall–Kier alpha value is -0.0800. The van der Waals surface area contributed by atoms with Crippen LogP contribution < -0.4 is 0 Å². The van der Waals surface area contributed by atoms with Gasteiger partial charge in [-0.2, -0.15) is 0 Å². The lowest BCUT2D eigenvalue weighted by atomic mass is 9.98. The molecule has 0 bridgehead atoms. The summed E-state index contributed by atoms with van der Waals surface area (Å²) in [6.07, 6.45) is 5.14. The fraction of sp³-hybridized carbons (Fsp3) is 1.00.